The zero-order valence-electron chi connectivity index (χ0n) is 22.2. The van der Waals surface area contributed by atoms with E-state index in [1.54, 1.807) is 0 Å². The molecule has 0 spiro atoms. The van der Waals surface area contributed by atoms with Gasteiger partial charge in [0.2, 0.25) is 5.28 Å². The zero-order chi connectivity index (χ0) is 31.1. The van der Waals surface area contributed by atoms with Gasteiger partial charge in [0.25, 0.3) is 5.34 Å². The number of carboxylic acid groups (broad SMARTS) is 2. The van der Waals surface area contributed by atoms with Crippen LogP contribution in [0.2, 0.25) is 5.28 Å². The first-order valence-electron chi connectivity index (χ1n) is 13.1. The Labute approximate surface area is 247 Å². The molecule has 0 unspecified atom stereocenters. The number of carboxylic acids is 2. The van der Waals surface area contributed by atoms with E-state index >= 15 is 0 Å². The normalized spacial score (nSPS) is 24.3. The highest BCUT2D eigenvalue weighted by molar-refractivity contribution is 7.54. The van der Waals surface area contributed by atoms with E-state index in [0.29, 0.717) is 11.2 Å². The standard InChI is InChI=1S/C24H28ClN6O11P/c25-23-29-18(28-11-4-1-2-5-11)13-9-26-31(19(13)30-23)20-17(33)16(32)15(42-20)10-41-24(22(36)37,43(38,39)40)8-12-6-3-7-14(27-12)21(34)35/h3,6-7,9,11,15-17,20,32-33H,1-2,4-5,8,10H2,(H,34,35)(H,36,37)(H,28,29,30)(H2,38,39,40)/t15-,16-,17-,20-,24-/m1/s1. The smallest absolute Gasteiger partial charge is 0.369 e. The number of ether oxygens (including phenoxy) is 2. The maximum Gasteiger partial charge on any atom is 0.369 e. The molecule has 2 fully saturated rings. The number of aliphatic hydroxyl groups excluding tert-OH is 2. The number of halogens is 1. The van der Waals surface area contributed by atoms with E-state index in [1.807, 2.05) is 0 Å². The van der Waals surface area contributed by atoms with Crippen LogP contribution in [-0.2, 0) is 25.3 Å². The largest absolute Gasteiger partial charge is 0.479 e. The summed E-state index contributed by atoms with van der Waals surface area (Å²) in [5.41, 5.74) is -0.615. The summed E-state index contributed by atoms with van der Waals surface area (Å²) in [5.74, 6) is -3.09. The first-order chi connectivity index (χ1) is 20.3. The molecular weight excluding hydrogens is 615 g/mol. The van der Waals surface area contributed by atoms with Crippen molar-refractivity contribution in [3.05, 3.63) is 41.1 Å². The highest BCUT2D eigenvalue weighted by Gasteiger charge is 2.57. The summed E-state index contributed by atoms with van der Waals surface area (Å²) < 4.78 is 24.7. The lowest BCUT2D eigenvalue weighted by Gasteiger charge is -2.31. The molecule has 5 rings (SSSR count). The van der Waals surface area contributed by atoms with Crippen LogP contribution in [0.15, 0.2) is 24.4 Å². The van der Waals surface area contributed by atoms with Crippen molar-refractivity contribution in [2.24, 2.45) is 0 Å². The second kappa shape index (κ2) is 12.0. The van der Waals surface area contributed by atoms with Gasteiger partial charge < -0.3 is 45.0 Å². The Bertz CT molecular complexity index is 1580. The van der Waals surface area contributed by atoms with Crippen LogP contribution in [0.4, 0.5) is 5.82 Å². The highest BCUT2D eigenvalue weighted by atomic mass is 35.5. The Kier molecular flexibility index (Phi) is 8.70. The summed E-state index contributed by atoms with van der Waals surface area (Å²) in [5, 5.41) is 45.3. The van der Waals surface area contributed by atoms with Crippen molar-refractivity contribution in [3.8, 4) is 0 Å². The van der Waals surface area contributed by atoms with Gasteiger partial charge in [0, 0.05) is 18.2 Å². The fraction of sp³-hybridized carbons (Fsp3) is 0.500. The SMILES string of the molecule is O=C(O)c1cccc(C[C@](OC[C@H]2O[C@@H](n3ncc4c(NC5CCCC5)nc(Cl)nc43)[C@H](O)[C@@H]2O)(C(=O)O)P(=O)(O)O)n1. The summed E-state index contributed by atoms with van der Waals surface area (Å²) in [6, 6.07) is 3.69. The minimum absolute atomic E-state index is 0.115. The first-order valence-corrected chi connectivity index (χ1v) is 15.1. The van der Waals surface area contributed by atoms with Crippen molar-refractivity contribution >= 4 is 48.0 Å². The van der Waals surface area contributed by atoms with E-state index < -0.39 is 68.1 Å². The third kappa shape index (κ3) is 6.07. The van der Waals surface area contributed by atoms with Crippen LogP contribution >= 0.6 is 19.2 Å². The van der Waals surface area contributed by atoms with Crippen molar-refractivity contribution < 1.29 is 53.8 Å². The predicted octanol–water partition coefficient (Wildman–Crippen LogP) is 0.764. The zero-order valence-corrected chi connectivity index (χ0v) is 23.9. The van der Waals surface area contributed by atoms with Gasteiger partial charge in [0.1, 0.15) is 29.8 Å². The van der Waals surface area contributed by atoms with Crippen LogP contribution in [0.1, 0.15) is 48.1 Å². The van der Waals surface area contributed by atoms with E-state index in [9.17, 15) is 44.4 Å². The van der Waals surface area contributed by atoms with Crippen LogP contribution in [0, 0.1) is 0 Å². The summed E-state index contributed by atoms with van der Waals surface area (Å²) in [6.45, 7) is -0.909. The topological polar surface area (TPSA) is 260 Å². The van der Waals surface area contributed by atoms with Gasteiger partial charge in [0.15, 0.2) is 11.9 Å². The number of nitrogens with zero attached hydrogens (tertiary/aromatic N) is 5. The number of nitrogens with one attached hydrogen (secondary N) is 1. The molecule has 1 aliphatic carbocycles. The minimum atomic E-state index is -5.64. The fourth-order valence-electron chi connectivity index (χ4n) is 5.19. The molecule has 0 aromatic carbocycles. The number of rotatable bonds is 11. The van der Waals surface area contributed by atoms with Crippen LogP contribution in [0.25, 0.3) is 11.0 Å². The number of hydrogen-bond acceptors (Lipinski definition) is 12. The van der Waals surface area contributed by atoms with Gasteiger partial charge in [-0.25, -0.2) is 19.3 Å². The molecule has 3 aromatic heterocycles. The van der Waals surface area contributed by atoms with Gasteiger partial charge in [-0.1, -0.05) is 18.9 Å². The molecule has 1 saturated carbocycles. The third-order valence-corrected chi connectivity index (χ3v) is 9.03. The monoisotopic (exact) mass is 642 g/mol. The van der Waals surface area contributed by atoms with Gasteiger partial charge >= 0.3 is 19.5 Å². The second-order valence-corrected chi connectivity index (χ2v) is 12.4. The van der Waals surface area contributed by atoms with E-state index in [4.69, 9.17) is 21.1 Å². The number of pyridine rings is 1. The molecular formula is C24H28ClN6O11P. The highest BCUT2D eigenvalue weighted by Crippen LogP contribution is 2.53. The molecule has 0 amide bonds. The first kappa shape index (κ1) is 31.2. The van der Waals surface area contributed by atoms with Crippen molar-refractivity contribution in [3.63, 3.8) is 0 Å². The van der Waals surface area contributed by atoms with E-state index in [1.165, 1.54) is 18.3 Å². The molecule has 43 heavy (non-hydrogen) atoms. The van der Waals surface area contributed by atoms with Gasteiger partial charge in [-0.05, 0) is 36.6 Å². The number of aliphatic hydroxyl groups is 2. The van der Waals surface area contributed by atoms with Gasteiger partial charge in [-0.3, -0.25) is 4.57 Å². The number of aromatic carboxylic acids is 1. The van der Waals surface area contributed by atoms with Crippen LogP contribution in [0.5, 0.6) is 0 Å². The summed E-state index contributed by atoms with van der Waals surface area (Å²) >= 11 is 6.16. The van der Waals surface area contributed by atoms with E-state index in [-0.39, 0.29) is 22.7 Å². The van der Waals surface area contributed by atoms with Crippen molar-refractivity contribution in [2.45, 2.75) is 68.0 Å². The summed E-state index contributed by atoms with van der Waals surface area (Å²) in [4.78, 5) is 55.9. The minimum Gasteiger partial charge on any atom is -0.479 e. The van der Waals surface area contributed by atoms with Gasteiger partial charge in [-0.2, -0.15) is 15.1 Å². The molecule has 17 nitrogen and oxygen atoms in total. The number of carbonyl (C=O) groups is 2. The Morgan fingerprint density at radius 3 is 2.51 bits per heavy atom. The summed E-state index contributed by atoms with van der Waals surface area (Å²) in [7, 11) is -5.64. The Balaban J connectivity index is 1.39. The third-order valence-electron chi connectivity index (χ3n) is 7.44. The Morgan fingerprint density at radius 2 is 1.86 bits per heavy atom. The van der Waals surface area contributed by atoms with Gasteiger partial charge in [0.05, 0.1) is 18.2 Å². The molecule has 19 heteroatoms. The van der Waals surface area contributed by atoms with Crippen LogP contribution < -0.4 is 5.32 Å². The molecule has 232 valence electrons. The number of anilines is 1. The lowest BCUT2D eigenvalue weighted by molar-refractivity contribution is -0.163. The average Bonchev–Trinajstić information content (AvgIpc) is 3.66. The number of aliphatic carboxylic acids is 1. The molecule has 2 aliphatic rings. The van der Waals surface area contributed by atoms with Crippen molar-refractivity contribution in [1.29, 1.82) is 0 Å². The molecule has 3 aromatic rings. The Morgan fingerprint density at radius 1 is 1.14 bits per heavy atom. The van der Waals surface area contributed by atoms with Crippen molar-refractivity contribution in [2.75, 3.05) is 11.9 Å². The summed E-state index contributed by atoms with van der Waals surface area (Å²) in [6.07, 6.45) is -1.81. The van der Waals surface area contributed by atoms with Gasteiger partial charge in [-0.15, -0.1) is 0 Å². The lowest BCUT2D eigenvalue weighted by atomic mass is 10.1. The molecule has 5 atom stereocenters. The molecule has 1 saturated heterocycles. The van der Waals surface area contributed by atoms with Crippen LogP contribution in [-0.4, -0.2) is 103 Å². The molecule has 0 radical (unpaired) electrons. The second-order valence-electron chi connectivity index (χ2n) is 10.3. The lowest BCUT2D eigenvalue weighted by Crippen LogP contribution is -2.46. The maximum atomic E-state index is 12.5. The Hall–Kier alpha value is -3.28. The number of fused-ring (bicyclic) bond motifs is 1. The molecule has 0 bridgehead atoms. The maximum absolute atomic E-state index is 12.5. The van der Waals surface area contributed by atoms with E-state index in [2.05, 4.69) is 25.4 Å². The molecule has 1 aliphatic heterocycles. The quantitative estimate of drug-likeness (QED) is 0.112. The predicted molar refractivity (Wildman–Crippen MR) is 145 cm³/mol. The number of aromatic nitrogens is 5. The van der Waals surface area contributed by atoms with Crippen LogP contribution in [0.3, 0.4) is 0 Å². The van der Waals surface area contributed by atoms with Crippen molar-refractivity contribution in [1.82, 2.24) is 24.7 Å². The van der Waals surface area contributed by atoms with E-state index in [0.717, 1.165) is 36.4 Å². The fourth-order valence-corrected chi connectivity index (χ4v) is 6.21. The molecule has 7 N–H and O–H groups in total. The number of hydrogen-bond donors (Lipinski definition) is 7. The average molecular weight is 643 g/mol. The molecule has 4 heterocycles.